The highest BCUT2D eigenvalue weighted by molar-refractivity contribution is 6.48. The summed E-state index contributed by atoms with van der Waals surface area (Å²) in [6, 6.07) is 21.4. The van der Waals surface area contributed by atoms with Crippen LogP contribution in [0.2, 0.25) is 0 Å². The number of ether oxygens (including phenoxy) is 1. The minimum absolute atomic E-state index is 0.0186. The molecule has 1 aliphatic rings. The van der Waals surface area contributed by atoms with Crippen LogP contribution in [0.15, 0.2) is 83.5 Å². The molecule has 0 aromatic heterocycles. The third-order valence-electron chi connectivity index (χ3n) is 5.49. The van der Waals surface area contributed by atoms with Crippen LogP contribution in [0.25, 0.3) is 0 Å². The Kier molecular flexibility index (Phi) is 7.17. The van der Waals surface area contributed by atoms with Gasteiger partial charge in [0.15, 0.2) is 0 Å². The minimum atomic E-state index is -0.567. The molecule has 3 aromatic carbocycles. The second-order valence-electron chi connectivity index (χ2n) is 7.91. The lowest BCUT2D eigenvalue weighted by atomic mass is 10.1. The van der Waals surface area contributed by atoms with E-state index in [1.807, 2.05) is 50.2 Å². The number of halogens is 1. The van der Waals surface area contributed by atoms with Crippen molar-refractivity contribution in [2.45, 2.75) is 20.4 Å². The fourth-order valence-corrected chi connectivity index (χ4v) is 3.87. The van der Waals surface area contributed by atoms with Crippen molar-refractivity contribution >= 4 is 40.7 Å². The van der Waals surface area contributed by atoms with Gasteiger partial charge in [-0.05, 0) is 49.2 Å². The molecule has 178 valence electrons. The topological polar surface area (TPSA) is 87.7 Å². The van der Waals surface area contributed by atoms with E-state index < -0.39 is 11.8 Å². The summed E-state index contributed by atoms with van der Waals surface area (Å²) in [6.07, 6.45) is 0. The molecule has 8 heteroatoms. The van der Waals surface area contributed by atoms with Gasteiger partial charge in [0.05, 0.1) is 18.8 Å². The molecule has 3 amide bonds. The zero-order valence-corrected chi connectivity index (χ0v) is 20.1. The van der Waals surface area contributed by atoms with Crippen LogP contribution in [0.3, 0.4) is 0 Å². The second-order valence-corrected chi connectivity index (χ2v) is 8.29. The number of amides is 3. The summed E-state index contributed by atoms with van der Waals surface area (Å²) in [6.45, 7) is 4.27. The maximum atomic E-state index is 13.0. The summed E-state index contributed by atoms with van der Waals surface area (Å²) in [5.74, 6) is -0.870. The average molecular weight is 490 g/mol. The van der Waals surface area contributed by atoms with Gasteiger partial charge in [0.1, 0.15) is 16.5 Å². The van der Waals surface area contributed by atoms with Gasteiger partial charge in [0.25, 0.3) is 17.7 Å². The van der Waals surface area contributed by atoms with Gasteiger partial charge >= 0.3 is 0 Å². The van der Waals surface area contributed by atoms with Crippen LogP contribution in [0, 0.1) is 6.92 Å². The van der Waals surface area contributed by atoms with E-state index in [0.717, 1.165) is 16.0 Å². The lowest BCUT2D eigenvalue weighted by molar-refractivity contribution is -0.138. The summed E-state index contributed by atoms with van der Waals surface area (Å²) >= 11 is 6.26. The number of para-hydroxylation sites is 2. The molecule has 0 radical (unpaired) electrons. The Bertz CT molecular complexity index is 1320. The van der Waals surface area contributed by atoms with E-state index in [9.17, 15) is 14.4 Å². The van der Waals surface area contributed by atoms with Gasteiger partial charge in [0, 0.05) is 11.3 Å². The normalized spacial score (nSPS) is 13.3. The van der Waals surface area contributed by atoms with Gasteiger partial charge in [-0.15, -0.1) is 0 Å². The van der Waals surface area contributed by atoms with E-state index in [2.05, 4.69) is 10.6 Å². The summed E-state index contributed by atoms with van der Waals surface area (Å²) in [5.41, 5.74) is 2.96. The summed E-state index contributed by atoms with van der Waals surface area (Å²) in [4.78, 5) is 39.7. The van der Waals surface area contributed by atoms with E-state index in [0.29, 0.717) is 29.3 Å². The van der Waals surface area contributed by atoms with Crippen LogP contribution in [-0.2, 0) is 16.1 Å². The molecule has 3 aromatic rings. The highest BCUT2D eigenvalue weighted by Gasteiger charge is 2.38. The molecule has 0 aliphatic carbocycles. The van der Waals surface area contributed by atoms with Crippen molar-refractivity contribution in [3.05, 3.63) is 100 Å². The lowest BCUT2D eigenvalue weighted by Gasteiger charge is -2.16. The number of carbonyl (C=O) groups is 3. The molecule has 35 heavy (non-hydrogen) atoms. The highest BCUT2D eigenvalue weighted by atomic mass is 35.5. The predicted molar refractivity (Wildman–Crippen MR) is 135 cm³/mol. The molecule has 1 heterocycles. The van der Waals surface area contributed by atoms with Crippen molar-refractivity contribution in [2.24, 2.45) is 0 Å². The van der Waals surface area contributed by atoms with E-state index in [1.54, 1.807) is 36.4 Å². The molecule has 7 nitrogen and oxygen atoms in total. The van der Waals surface area contributed by atoms with E-state index in [1.165, 1.54) is 0 Å². The third kappa shape index (κ3) is 5.20. The van der Waals surface area contributed by atoms with Gasteiger partial charge in [-0.25, -0.2) is 0 Å². The summed E-state index contributed by atoms with van der Waals surface area (Å²) in [5, 5.41) is 5.64. The van der Waals surface area contributed by atoms with Gasteiger partial charge < -0.3 is 15.4 Å². The van der Waals surface area contributed by atoms with Crippen molar-refractivity contribution in [1.82, 2.24) is 4.90 Å². The van der Waals surface area contributed by atoms with E-state index in [-0.39, 0.29) is 23.2 Å². The third-order valence-corrected chi connectivity index (χ3v) is 5.84. The SMILES string of the molecule is CCOc1ccccc1NC(=O)c1ccc(C)c(NC2=C(Cl)C(=O)N(Cc3ccccc3)C2=O)c1. The number of rotatable bonds is 8. The molecule has 0 fully saturated rings. The highest BCUT2D eigenvalue weighted by Crippen LogP contribution is 2.29. The summed E-state index contributed by atoms with van der Waals surface area (Å²) in [7, 11) is 0. The number of aryl methyl sites for hydroxylation is 1. The Balaban J connectivity index is 1.54. The molecule has 0 unspecified atom stereocenters. The number of benzene rings is 3. The number of carbonyl (C=O) groups excluding carboxylic acids is 3. The smallest absolute Gasteiger partial charge is 0.279 e. The number of nitrogens with zero attached hydrogens (tertiary/aromatic N) is 1. The zero-order valence-electron chi connectivity index (χ0n) is 19.3. The van der Waals surface area contributed by atoms with Gasteiger partial charge in [-0.1, -0.05) is 60.1 Å². The van der Waals surface area contributed by atoms with Gasteiger partial charge in [0.2, 0.25) is 0 Å². The summed E-state index contributed by atoms with van der Waals surface area (Å²) < 4.78 is 5.57. The number of anilines is 2. The molecule has 1 aliphatic heterocycles. The van der Waals surface area contributed by atoms with E-state index in [4.69, 9.17) is 16.3 Å². The van der Waals surface area contributed by atoms with Crippen LogP contribution in [0.5, 0.6) is 5.75 Å². The quantitative estimate of drug-likeness (QED) is 0.431. The Morgan fingerprint density at radius 1 is 0.943 bits per heavy atom. The Morgan fingerprint density at radius 3 is 2.40 bits per heavy atom. The van der Waals surface area contributed by atoms with E-state index >= 15 is 0 Å². The molecule has 4 rings (SSSR count). The minimum Gasteiger partial charge on any atom is -0.492 e. The maximum Gasteiger partial charge on any atom is 0.279 e. The fourth-order valence-electron chi connectivity index (χ4n) is 3.64. The van der Waals surface area contributed by atoms with Crippen LogP contribution < -0.4 is 15.4 Å². The molecular formula is C27H24ClN3O4. The lowest BCUT2D eigenvalue weighted by Crippen LogP contribution is -2.31. The van der Waals surface area contributed by atoms with Crippen molar-refractivity contribution in [3.8, 4) is 5.75 Å². The molecule has 2 N–H and O–H groups in total. The first-order valence-corrected chi connectivity index (χ1v) is 11.5. The van der Waals surface area contributed by atoms with Crippen molar-refractivity contribution in [1.29, 1.82) is 0 Å². The number of hydrogen-bond donors (Lipinski definition) is 2. The number of nitrogens with one attached hydrogen (secondary N) is 2. The van der Waals surface area contributed by atoms with Crippen LogP contribution in [0.1, 0.15) is 28.4 Å². The van der Waals surface area contributed by atoms with Crippen LogP contribution in [-0.4, -0.2) is 29.2 Å². The molecule has 0 saturated carbocycles. The first kappa shape index (κ1) is 24.0. The average Bonchev–Trinajstić information content (AvgIpc) is 3.05. The fraction of sp³-hybridized carbons (Fsp3) is 0.148. The maximum absolute atomic E-state index is 13.0. The predicted octanol–water partition coefficient (Wildman–Crippen LogP) is 5.08. The largest absolute Gasteiger partial charge is 0.492 e. The van der Waals surface area contributed by atoms with Crippen molar-refractivity contribution in [3.63, 3.8) is 0 Å². The van der Waals surface area contributed by atoms with Crippen LogP contribution >= 0.6 is 11.6 Å². The molecular weight excluding hydrogens is 466 g/mol. The molecule has 0 saturated heterocycles. The Hall–Kier alpha value is -4.10. The van der Waals surface area contributed by atoms with Gasteiger partial charge in [-0.3, -0.25) is 19.3 Å². The second kappa shape index (κ2) is 10.4. The van der Waals surface area contributed by atoms with Crippen LogP contribution in [0.4, 0.5) is 11.4 Å². The number of hydrogen-bond acceptors (Lipinski definition) is 5. The Labute approximate surface area is 208 Å². The molecule has 0 atom stereocenters. The van der Waals surface area contributed by atoms with Crippen molar-refractivity contribution < 1.29 is 19.1 Å². The first-order chi connectivity index (χ1) is 16.9. The Morgan fingerprint density at radius 2 is 1.66 bits per heavy atom. The van der Waals surface area contributed by atoms with Gasteiger partial charge in [-0.2, -0.15) is 0 Å². The standard InChI is InChI=1S/C27H24ClN3O4/c1-3-35-22-12-8-7-11-20(22)30-25(32)19-14-13-17(2)21(15-19)29-24-23(28)26(33)31(27(24)34)16-18-9-5-4-6-10-18/h4-15,29H,3,16H2,1-2H3,(H,30,32). The first-order valence-electron chi connectivity index (χ1n) is 11.1. The molecule has 0 bridgehead atoms. The number of imide groups is 1. The monoisotopic (exact) mass is 489 g/mol. The van der Waals surface area contributed by atoms with Crippen molar-refractivity contribution in [2.75, 3.05) is 17.2 Å². The zero-order chi connectivity index (χ0) is 24.9. The molecule has 0 spiro atoms.